The fraction of sp³-hybridized carbons (Fsp3) is 0.583. The number of primary amides is 1. The Balaban J connectivity index is 2.90. The van der Waals surface area contributed by atoms with Gasteiger partial charge < -0.3 is 36.8 Å². The summed E-state index contributed by atoms with van der Waals surface area (Å²) in [6, 6.07) is -4.74. The molecule has 1 rings (SSSR count). The topological polar surface area (TPSA) is 236 Å². The minimum absolute atomic E-state index is 0.0799. The summed E-state index contributed by atoms with van der Waals surface area (Å²) >= 11 is 0. The molecule has 1 unspecified atom stereocenters. The van der Waals surface area contributed by atoms with E-state index in [0.717, 1.165) is 0 Å². The van der Waals surface area contributed by atoms with E-state index in [4.69, 9.17) is 21.1 Å². The number of hydrogen-bond donors (Lipinski definition) is 6. The third-order valence-corrected chi connectivity index (χ3v) is 3.10. The van der Waals surface area contributed by atoms with Crippen molar-refractivity contribution in [2.45, 2.75) is 37.6 Å². The number of rotatable bonds is 10. The van der Waals surface area contributed by atoms with Gasteiger partial charge in [-0.1, -0.05) is 10.3 Å². The average Bonchev–Trinajstić information content (AvgIpc) is 3.01. The molecule has 0 spiro atoms. The first-order valence-corrected chi connectivity index (χ1v) is 7.30. The molecule has 0 saturated heterocycles. The number of amides is 3. The molecule has 1 aromatic rings. The highest BCUT2D eigenvalue weighted by atomic mass is 16.5. The van der Waals surface area contributed by atoms with Crippen LogP contribution in [-0.2, 0) is 9.59 Å². The molecule has 144 valence electrons. The van der Waals surface area contributed by atoms with Crippen molar-refractivity contribution in [3.8, 4) is 0 Å². The first kappa shape index (κ1) is 20.9. The summed E-state index contributed by atoms with van der Waals surface area (Å²) in [5.41, 5.74) is 10.7. The quantitative estimate of drug-likeness (QED) is 0.244. The van der Waals surface area contributed by atoms with E-state index < -0.39 is 48.6 Å². The number of carboxylic acids is 1. The number of nitroso groups, excluding NO2 is 1. The molecule has 14 nitrogen and oxygen atoms in total. The summed E-state index contributed by atoms with van der Waals surface area (Å²) < 4.78 is 4.90. The molecule has 8 N–H and O–H groups in total. The molecule has 1 aromatic heterocycles. The minimum Gasteiger partial charge on any atom is -0.480 e. The highest BCUT2D eigenvalue weighted by molar-refractivity contribution is 5.83. The lowest BCUT2D eigenvalue weighted by Crippen LogP contribution is -2.52. The monoisotopic (exact) mass is 373 g/mol. The molecule has 0 aliphatic carbocycles. The van der Waals surface area contributed by atoms with E-state index in [1.54, 1.807) is 0 Å². The van der Waals surface area contributed by atoms with Crippen LogP contribution in [0.2, 0.25) is 0 Å². The van der Waals surface area contributed by atoms with Crippen LogP contribution in [-0.4, -0.2) is 57.0 Å². The lowest BCUT2D eigenvalue weighted by molar-refractivity contribution is -0.141. The molecule has 0 saturated carbocycles. The van der Waals surface area contributed by atoms with Gasteiger partial charge in [0.15, 0.2) is 11.9 Å². The van der Waals surface area contributed by atoms with E-state index in [-0.39, 0.29) is 18.3 Å². The number of hydrogen-bond acceptors (Lipinski definition) is 10. The Hall–Kier alpha value is -3.13. The lowest BCUT2D eigenvalue weighted by Gasteiger charge is -2.19. The maximum absolute atomic E-state index is 12.0. The number of urea groups is 1. The number of carboxylic acid groups (broad SMARTS) is 1. The molecule has 14 heteroatoms. The van der Waals surface area contributed by atoms with Crippen LogP contribution in [0.15, 0.2) is 9.70 Å². The van der Waals surface area contributed by atoms with Crippen LogP contribution in [0.5, 0.6) is 0 Å². The summed E-state index contributed by atoms with van der Waals surface area (Å²) in [7, 11) is 0. The van der Waals surface area contributed by atoms with Gasteiger partial charge in [0, 0.05) is 0 Å². The molecule has 0 radical (unpaired) electrons. The summed E-state index contributed by atoms with van der Waals surface area (Å²) in [5, 5.41) is 28.7. The molecule has 0 aliphatic rings. The lowest BCUT2D eigenvalue weighted by atomic mass is 10.2. The summed E-state index contributed by atoms with van der Waals surface area (Å²) in [4.78, 5) is 48.2. The minimum atomic E-state index is -1.59. The first-order valence-electron chi connectivity index (χ1n) is 7.30. The van der Waals surface area contributed by atoms with Gasteiger partial charge in [0.25, 0.3) is 0 Å². The van der Waals surface area contributed by atoms with Crippen LogP contribution in [0.1, 0.15) is 37.1 Å². The molecular weight excluding hydrogens is 354 g/mol. The van der Waals surface area contributed by atoms with E-state index in [1.165, 1.54) is 6.92 Å². The van der Waals surface area contributed by atoms with E-state index in [2.05, 4.69) is 20.6 Å². The number of aliphatic carboxylic acids is 1. The smallest absolute Gasteiger partial charge is 0.328 e. The molecule has 0 aromatic carbocycles. The van der Waals surface area contributed by atoms with Crippen molar-refractivity contribution in [3.63, 3.8) is 0 Å². The largest absolute Gasteiger partial charge is 0.480 e. The third-order valence-electron chi connectivity index (χ3n) is 3.10. The highest BCUT2D eigenvalue weighted by Gasteiger charge is 2.29. The van der Waals surface area contributed by atoms with Gasteiger partial charge in [-0.2, -0.15) is 9.89 Å². The number of aliphatic hydroxyl groups is 1. The van der Waals surface area contributed by atoms with Gasteiger partial charge in [-0.15, -0.1) is 0 Å². The second-order valence-electron chi connectivity index (χ2n) is 5.31. The Labute approximate surface area is 146 Å². The van der Waals surface area contributed by atoms with Crippen molar-refractivity contribution in [1.82, 2.24) is 20.8 Å². The number of aromatic nitrogens is 2. The summed E-state index contributed by atoms with van der Waals surface area (Å²) in [6.07, 6.45) is -1.82. The van der Waals surface area contributed by atoms with Crippen molar-refractivity contribution >= 4 is 17.9 Å². The molecule has 0 fully saturated rings. The van der Waals surface area contributed by atoms with Gasteiger partial charge in [0.1, 0.15) is 12.6 Å². The number of nitrogens with zero attached hydrogens (tertiary/aromatic N) is 3. The maximum atomic E-state index is 12.0. The Morgan fingerprint density at radius 2 is 2.00 bits per heavy atom. The van der Waals surface area contributed by atoms with Crippen molar-refractivity contribution in [1.29, 1.82) is 0 Å². The van der Waals surface area contributed by atoms with Crippen LogP contribution >= 0.6 is 0 Å². The summed E-state index contributed by atoms with van der Waals surface area (Å²) in [5.74, 6) is -2.60. The number of nitrogens with two attached hydrogens (primary N) is 2. The second-order valence-corrected chi connectivity index (χ2v) is 5.31. The van der Waals surface area contributed by atoms with Gasteiger partial charge >= 0.3 is 12.0 Å². The molecule has 3 amide bonds. The molecule has 0 aliphatic heterocycles. The Morgan fingerprint density at radius 1 is 1.35 bits per heavy atom. The first-order chi connectivity index (χ1) is 12.1. The fourth-order valence-corrected chi connectivity index (χ4v) is 1.83. The molecule has 26 heavy (non-hydrogen) atoms. The predicted octanol–water partition coefficient (Wildman–Crippen LogP) is -2.11. The van der Waals surface area contributed by atoms with E-state index in [1.807, 2.05) is 5.32 Å². The van der Waals surface area contributed by atoms with Crippen LogP contribution in [0.25, 0.3) is 0 Å². The molecule has 4 atom stereocenters. The Bertz CT molecular complexity index is 662. The Morgan fingerprint density at radius 3 is 2.50 bits per heavy atom. The zero-order chi connectivity index (χ0) is 19.9. The second kappa shape index (κ2) is 9.38. The van der Waals surface area contributed by atoms with Crippen LogP contribution in [0.4, 0.5) is 4.79 Å². The maximum Gasteiger partial charge on any atom is 0.328 e. The predicted molar refractivity (Wildman–Crippen MR) is 83.2 cm³/mol. The van der Waals surface area contributed by atoms with Gasteiger partial charge in [-0.3, -0.25) is 4.79 Å². The van der Waals surface area contributed by atoms with Gasteiger partial charge in [0.2, 0.25) is 11.8 Å². The molecule has 1 heterocycles. The van der Waals surface area contributed by atoms with Gasteiger partial charge in [-0.25, -0.2) is 9.59 Å². The molecular formula is C12H19N7O7. The van der Waals surface area contributed by atoms with Crippen LogP contribution in [0, 0.1) is 4.91 Å². The normalized spacial score (nSPS) is 15.3. The number of carbonyl (C=O) groups excluding carboxylic acids is 2. The number of aliphatic hydroxyl groups excluding tert-OH is 1. The van der Waals surface area contributed by atoms with Gasteiger partial charge in [0.05, 0.1) is 18.6 Å². The number of carbonyl (C=O) groups is 3. The SMILES string of the molecule is CC(O)[C@@H](NC(=O)N[C@@H](CC(N)=O)c1nc([C@H](N)CN=O)no1)C(=O)O. The fourth-order valence-electron chi connectivity index (χ4n) is 1.83. The van der Waals surface area contributed by atoms with Crippen molar-refractivity contribution in [2.24, 2.45) is 16.6 Å². The van der Waals surface area contributed by atoms with Crippen molar-refractivity contribution < 1.29 is 29.1 Å². The van der Waals surface area contributed by atoms with Crippen LogP contribution < -0.4 is 22.1 Å². The third kappa shape index (κ3) is 6.06. The Kier molecular flexibility index (Phi) is 7.54. The van der Waals surface area contributed by atoms with Gasteiger partial charge in [-0.05, 0) is 6.92 Å². The van der Waals surface area contributed by atoms with Crippen molar-refractivity contribution in [3.05, 3.63) is 16.6 Å². The van der Waals surface area contributed by atoms with Crippen LogP contribution in [0.3, 0.4) is 0 Å². The van der Waals surface area contributed by atoms with E-state index in [0.29, 0.717) is 0 Å². The molecule has 0 bridgehead atoms. The average molecular weight is 373 g/mol. The van der Waals surface area contributed by atoms with E-state index >= 15 is 0 Å². The summed E-state index contributed by atoms with van der Waals surface area (Å²) in [6.45, 7) is 0.856. The zero-order valence-corrected chi connectivity index (χ0v) is 13.7. The van der Waals surface area contributed by atoms with Crippen molar-refractivity contribution in [2.75, 3.05) is 6.54 Å². The van der Waals surface area contributed by atoms with E-state index in [9.17, 15) is 24.4 Å². The zero-order valence-electron chi connectivity index (χ0n) is 13.7. The number of nitrogens with one attached hydrogen (secondary N) is 2. The highest BCUT2D eigenvalue weighted by Crippen LogP contribution is 2.17. The standard InChI is InChI=1S/C12H19N7O7/c1-4(20)8(11(22)23)17-12(24)16-6(2-7(14)21)10-18-9(19-26-10)5(13)3-15-25/h4-6,8,20H,2-3,13H2,1H3,(H2,14,21)(H,22,23)(H2,16,17,24)/t4?,5-,6+,8-/m1/s1.